The number of methoxy groups -OCH3 is 2. The summed E-state index contributed by atoms with van der Waals surface area (Å²) in [5.74, 6) is -0.243. The van der Waals surface area contributed by atoms with Crippen LogP contribution >= 0.6 is 11.3 Å². The average Bonchev–Trinajstić information content (AvgIpc) is 3.36. The van der Waals surface area contributed by atoms with Gasteiger partial charge in [0.25, 0.3) is 5.91 Å². The third-order valence-electron chi connectivity index (χ3n) is 4.90. The van der Waals surface area contributed by atoms with E-state index in [0.29, 0.717) is 34.3 Å². The van der Waals surface area contributed by atoms with Gasteiger partial charge in [0.1, 0.15) is 10.8 Å². The molecule has 0 bridgehead atoms. The molecule has 0 aliphatic carbocycles. The maximum Gasteiger partial charge on any atom is 0.341 e. The Balaban J connectivity index is 1.82. The van der Waals surface area contributed by atoms with Gasteiger partial charge in [-0.25, -0.2) is 4.79 Å². The topological polar surface area (TPSA) is 84.9 Å². The molecule has 2 amide bonds. The molecule has 29 heavy (non-hydrogen) atoms. The minimum Gasteiger partial charge on any atom is -0.497 e. The molecule has 1 aliphatic rings. The van der Waals surface area contributed by atoms with Crippen LogP contribution < -0.4 is 10.1 Å². The van der Waals surface area contributed by atoms with Gasteiger partial charge in [0.2, 0.25) is 5.91 Å². The van der Waals surface area contributed by atoms with E-state index in [4.69, 9.17) is 9.47 Å². The molecule has 0 unspecified atom stereocenters. The summed E-state index contributed by atoms with van der Waals surface area (Å²) in [6.07, 6.45) is 2.09. The third-order valence-corrected chi connectivity index (χ3v) is 6.10. The predicted molar refractivity (Wildman–Crippen MR) is 111 cm³/mol. The van der Waals surface area contributed by atoms with Gasteiger partial charge in [0.05, 0.1) is 31.1 Å². The van der Waals surface area contributed by atoms with E-state index >= 15 is 0 Å². The van der Waals surface area contributed by atoms with Crippen LogP contribution in [0.15, 0.2) is 24.3 Å². The van der Waals surface area contributed by atoms with Crippen molar-refractivity contribution < 1.29 is 23.9 Å². The Labute approximate surface area is 173 Å². The van der Waals surface area contributed by atoms with Crippen LogP contribution in [0.4, 0.5) is 5.00 Å². The number of likely N-dealkylation sites (tertiary alicyclic amines) is 1. The van der Waals surface area contributed by atoms with Crippen LogP contribution in [0.3, 0.4) is 0 Å². The van der Waals surface area contributed by atoms with E-state index in [1.54, 1.807) is 31.1 Å². The number of carbonyl (C=O) groups excluding carboxylic acids is 3. The molecule has 3 rings (SSSR count). The lowest BCUT2D eigenvalue weighted by molar-refractivity contribution is -0.115. The summed E-state index contributed by atoms with van der Waals surface area (Å²) in [5, 5.41) is 3.13. The van der Waals surface area contributed by atoms with Crippen LogP contribution in [0, 0.1) is 6.92 Å². The number of anilines is 1. The molecule has 2 aromatic rings. The molecule has 1 fully saturated rings. The minimum atomic E-state index is -0.570. The zero-order chi connectivity index (χ0) is 21.0. The summed E-state index contributed by atoms with van der Waals surface area (Å²) in [7, 11) is 2.86. The molecule has 0 saturated carbocycles. The van der Waals surface area contributed by atoms with E-state index in [-0.39, 0.29) is 23.8 Å². The maximum absolute atomic E-state index is 12.8. The number of ether oxygens (including phenoxy) is 2. The van der Waals surface area contributed by atoms with Crippen molar-refractivity contribution in [3.05, 3.63) is 45.8 Å². The number of benzene rings is 1. The normalized spacial score (nSPS) is 13.3. The van der Waals surface area contributed by atoms with Gasteiger partial charge in [0, 0.05) is 13.1 Å². The number of esters is 1. The van der Waals surface area contributed by atoms with Gasteiger partial charge in [0.15, 0.2) is 0 Å². The van der Waals surface area contributed by atoms with E-state index in [1.807, 2.05) is 12.1 Å². The Morgan fingerprint density at radius 1 is 1.10 bits per heavy atom. The van der Waals surface area contributed by atoms with Gasteiger partial charge in [-0.2, -0.15) is 0 Å². The Hall–Kier alpha value is -2.87. The van der Waals surface area contributed by atoms with Crippen molar-refractivity contribution in [3.63, 3.8) is 0 Å². The number of amides is 2. The first-order chi connectivity index (χ1) is 13.9. The Morgan fingerprint density at radius 2 is 1.76 bits per heavy atom. The second-order valence-corrected chi connectivity index (χ2v) is 7.84. The third kappa shape index (κ3) is 4.59. The SMILES string of the molecule is COC(=O)c1c(NC(=O)Cc2ccc(OC)cc2)sc(C(=O)N2CCCC2)c1C. The first-order valence-corrected chi connectivity index (χ1v) is 10.2. The van der Waals surface area contributed by atoms with Crippen LogP contribution in [-0.2, 0) is 16.0 Å². The van der Waals surface area contributed by atoms with Crippen molar-refractivity contribution in [1.29, 1.82) is 0 Å². The first-order valence-electron chi connectivity index (χ1n) is 9.38. The highest BCUT2D eigenvalue weighted by molar-refractivity contribution is 7.18. The van der Waals surface area contributed by atoms with E-state index in [1.165, 1.54) is 7.11 Å². The van der Waals surface area contributed by atoms with E-state index in [2.05, 4.69) is 5.32 Å². The number of carbonyl (C=O) groups is 3. The van der Waals surface area contributed by atoms with Crippen molar-refractivity contribution in [2.24, 2.45) is 0 Å². The van der Waals surface area contributed by atoms with Crippen molar-refractivity contribution in [3.8, 4) is 5.75 Å². The first kappa shape index (κ1) is 20.9. The molecule has 0 atom stereocenters. The Morgan fingerprint density at radius 3 is 2.34 bits per heavy atom. The van der Waals surface area contributed by atoms with Crippen molar-refractivity contribution >= 4 is 34.1 Å². The standard InChI is InChI=1S/C21H24N2O5S/c1-13-17(21(26)28-3)19(29-18(13)20(25)23-10-4-5-11-23)22-16(24)12-14-6-8-15(27-2)9-7-14/h6-9H,4-5,10-12H2,1-3H3,(H,22,24). The van der Waals surface area contributed by atoms with Gasteiger partial charge >= 0.3 is 5.97 Å². The molecule has 0 radical (unpaired) electrons. The number of nitrogens with one attached hydrogen (secondary N) is 1. The number of hydrogen-bond donors (Lipinski definition) is 1. The highest BCUT2D eigenvalue weighted by atomic mass is 32.1. The van der Waals surface area contributed by atoms with Gasteiger partial charge < -0.3 is 19.7 Å². The molecule has 1 aliphatic heterocycles. The second kappa shape index (κ2) is 9.09. The predicted octanol–water partition coefficient (Wildman–Crippen LogP) is 3.27. The smallest absolute Gasteiger partial charge is 0.341 e. The molecule has 7 nitrogen and oxygen atoms in total. The quantitative estimate of drug-likeness (QED) is 0.731. The fourth-order valence-electron chi connectivity index (χ4n) is 3.32. The van der Waals surface area contributed by atoms with Gasteiger partial charge in [-0.05, 0) is 43.0 Å². The molecule has 8 heteroatoms. The highest BCUT2D eigenvalue weighted by Crippen LogP contribution is 2.35. The number of nitrogens with zero attached hydrogens (tertiary/aromatic N) is 1. The van der Waals surface area contributed by atoms with Crippen molar-refractivity contribution in [1.82, 2.24) is 4.90 Å². The summed E-state index contributed by atoms with van der Waals surface area (Å²) >= 11 is 1.13. The van der Waals surface area contributed by atoms with E-state index in [9.17, 15) is 14.4 Å². The zero-order valence-corrected chi connectivity index (χ0v) is 17.6. The molecule has 1 N–H and O–H groups in total. The van der Waals surface area contributed by atoms with Crippen LogP contribution in [0.5, 0.6) is 5.75 Å². The molecular weight excluding hydrogens is 392 g/mol. The molecule has 154 valence electrons. The van der Waals surface area contributed by atoms with Gasteiger partial charge in [-0.1, -0.05) is 12.1 Å². The van der Waals surface area contributed by atoms with Gasteiger partial charge in [-0.3, -0.25) is 9.59 Å². The monoisotopic (exact) mass is 416 g/mol. The Bertz CT molecular complexity index is 914. The minimum absolute atomic E-state index is 0.106. The summed E-state index contributed by atoms with van der Waals surface area (Å²) in [5.41, 5.74) is 1.59. The summed E-state index contributed by atoms with van der Waals surface area (Å²) in [6.45, 7) is 3.14. The van der Waals surface area contributed by atoms with E-state index in [0.717, 1.165) is 29.7 Å². The maximum atomic E-state index is 12.8. The number of rotatable bonds is 6. The average molecular weight is 416 g/mol. The zero-order valence-electron chi connectivity index (χ0n) is 16.7. The lowest BCUT2D eigenvalue weighted by atomic mass is 10.1. The number of thiophene rings is 1. The van der Waals surface area contributed by atoms with Crippen LogP contribution in [-0.4, -0.2) is 50.0 Å². The molecule has 2 heterocycles. The van der Waals surface area contributed by atoms with Crippen LogP contribution in [0.2, 0.25) is 0 Å². The number of hydrogen-bond acceptors (Lipinski definition) is 6. The lowest BCUT2D eigenvalue weighted by Crippen LogP contribution is -2.27. The van der Waals surface area contributed by atoms with Crippen LogP contribution in [0.25, 0.3) is 0 Å². The molecule has 1 aromatic carbocycles. The molecule has 1 saturated heterocycles. The van der Waals surface area contributed by atoms with Crippen LogP contribution in [0.1, 0.15) is 44.0 Å². The fourth-order valence-corrected chi connectivity index (χ4v) is 4.50. The fraction of sp³-hybridized carbons (Fsp3) is 0.381. The van der Waals surface area contributed by atoms with Crippen molar-refractivity contribution in [2.75, 3.05) is 32.6 Å². The summed E-state index contributed by atoms with van der Waals surface area (Å²) in [6, 6.07) is 7.18. The highest BCUT2D eigenvalue weighted by Gasteiger charge is 2.29. The summed E-state index contributed by atoms with van der Waals surface area (Å²) in [4.78, 5) is 40.0. The summed E-state index contributed by atoms with van der Waals surface area (Å²) < 4.78 is 10.00. The molecule has 1 aromatic heterocycles. The largest absolute Gasteiger partial charge is 0.497 e. The molecular formula is C21H24N2O5S. The Kier molecular flexibility index (Phi) is 6.53. The molecule has 0 spiro atoms. The lowest BCUT2D eigenvalue weighted by Gasteiger charge is -2.14. The van der Waals surface area contributed by atoms with Crippen molar-refractivity contribution in [2.45, 2.75) is 26.2 Å². The van der Waals surface area contributed by atoms with Gasteiger partial charge in [-0.15, -0.1) is 11.3 Å². The second-order valence-electron chi connectivity index (χ2n) is 6.82. The van der Waals surface area contributed by atoms with E-state index < -0.39 is 5.97 Å².